The van der Waals surface area contributed by atoms with Crippen LogP contribution in [0.1, 0.15) is 25.3 Å². The molecule has 0 spiro atoms. The molecule has 30 heavy (non-hydrogen) atoms. The third-order valence-corrected chi connectivity index (χ3v) is 5.44. The Labute approximate surface area is 178 Å². The topological polar surface area (TPSA) is 99.3 Å². The second-order valence-electron chi connectivity index (χ2n) is 6.93. The van der Waals surface area contributed by atoms with Crippen LogP contribution in [0.4, 0.5) is 15.8 Å². The molecule has 1 aliphatic rings. The Balaban J connectivity index is 1.53. The second-order valence-corrected chi connectivity index (χ2v) is 8.03. The van der Waals surface area contributed by atoms with Gasteiger partial charge >= 0.3 is 0 Å². The number of halogens is 1. The fourth-order valence-electron chi connectivity index (χ4n) is 3.07. The van der Waals surface area contributed by atoms with Crippen molar-refractivity contribution in [2.24, 2.45) is 0 Å². The van der Waals surface area contributed by atoms with E-state index in [9.17, 15) is 18.8 Å². The number of carbonyl (C=O) groups is 3. The first-order chi connectivity index (χ1) is 14.4. The first-order valence-electron chi connectivity index (χ1n) is 9.47. The molecule has 7 nitrogen and oxygen atoms in total. The summed E-state index contributed by atoms with van der Waals surface area (Å²) in [6.07, 6.45) is 0.282. The van der Waals surface area contributed by atoms with E-state index in [1.807, 2.05) is 0 Å². The maximum absolute atomic E-state index is 13.8. The monoisotopic (exact) mass is 430 g/mol. The van der Waals surface area contributed by atoms with Crippen molar-refractivity contribution in [3.63, 3.8) is 0 Å². The lowest BCUT2D eigenvalue weighted by atomic mass is 10.1. The number of amides is 3. The molecule has 158 valence electrons. The Bertz CT molecular complexity index is 940. The smallest absolute Gasteiger partial charge is 0.225 e. The third kappa shape index (κ3) is 6.57. The van der Waals surface area contributed by atoms with E-state index in [0.29, 0.717) is 22.7 Å². The number of rotatable bonds is 7. The predicted molar refractivity (Wildman–Crippen MR) is 115 cm³/mol. The normalized spacial score (nSPS) is 18.4. The minimum absolute atomic E-state index is 0.106. The van der Waals surface area contributed by atoms with Gasteiger partial charge < -0.3 is 16.0 Å². The molecule has 4 N–H and O–H groups in total. The highest BCUT2D eigenvalue weighted by Gasteiger charge is 2.27. The Hall–Kier alpha value is -2.91. The molecule has 1 aliphatic heterocycles. The van der Waals surface area contributed by atoms with Crippen molar-refractivity contribution < 1.29 is 18.8 Å². The summed E-state index contributed by atoms with van der Waals surface area (Å²) in [5, 5.41) is 11.5. The molecule has 2 aromatic carbocycles. The van der Waals surface area contributed by atoms with Gasteiger partial charge in [0.05, 0.1) is 0 Å². The second kappa shape index (κ2) is 10.2. The largest absolute Gasteiger partial charge is 0.332 e. The zero-order valence-electron chi connectivity index (χ0n) is 16.4. The molecule has 0 radical (unpaired) electrons. The predicted octanol–water partition coefficient (Wildman–Crippen LogP) is 2.81. The van der Waals surface area contributed by atoms with Gasteiger partial charge in [-0.05, 0) is 29.8 Å². The maximum atomic E-state index is 13.8. The number of benzene rings is 2. The number of anilines is 2. The van der Waals surface area contributed by atoms with Crippen molar-refractivity contribution >= 4 is 40.9 Å². The van der Waals surface area contributed by atoms with Crippen LogP contribution in [0.3, 0.4) is 0 Å². The van der Waals surface area contributed by atoms with Crippen molar-refractivity contribution in [2.45, 2.75) is 37.1 Å². The lowest BCUT2D eigenvalue weighted by molar-refractivity contribution is -0.124. The summed E-state index contributed by atoms with van der Waals surface area (Å²) in [6.45, 7) is 1.41. The Morgan fingerprint density at radius 3 is 2.60 bits per heavy atom. The molecule has 2 aromatic rings. The number of hydrogen-bond acceptors (Lipinski definition) is 5. The summed E-state index contributed by atoms with van der Waals surface area (Å²) >= 11 is 1.36. The summed E-state index contributed by atoms with van der Waals surface area (Å²) < 4.78 is 13.8. The number of nitrogens with one attached hydrogen (secondary N) is 4. The van der Waals surface area contributed by atoms with Gasteiger partial charge in [0, 0.05) is 42.9 Å². The number of hydrogen-bond donors (Lipinski definition) is 4. The lowest BCUT2D eigenvalue weighted by Gasteiger charge is -2.31. The quantitative estimate of drug-likeness (QED) is 0.541. The standard InChI is InChI=1S/C21H23FN4O3S/c1-13(27)23-15-6-4-7-16(9-15)24-19(28)10-17-11-20(29)26-21(25-17)30-12-14-5-2-3-8-18(14)22/h2-9,17,21,25H,10-12H2,1H3,(H,23,27)(H,24,28)(H,26,29). The van der Waals surface area contributed by atoms with Crippen molar-refractivity contribution in [1.29, 1.82) is 0 Å². The molecular formula is C21H23FN4O3S. The highest BCUT2D eigenvalue weighted by molar-refractivity contribution is 7.99. The fourth-order valence-corrected chi connectivity index (χ4v) is 4.15. The van der Waals surface area contributed by atoms with E-state index in [-0.39, 0.29) is 42.4 Å². The van der Waals surface area contributed by atoms with Gasteiger partial charge in [-0.2, -0.15) is 0 Å². The van der Waals surface area contributed by atoms with E-state index in [1.165, 1.54) is 24.8 Å². The molecule has 3 amide bonds. The van der Waals surface area contributed by atoms with E-state index in [0.717, 1.165) is 0 Å². The van der Waals surface area contributed by atoms with Crippen LogP contribution in [-0.2, 0) is 20.1 Å². The summed E-state index contributed by atoms with van der Waals surface area (Å²) in [5.41, 5.74) is 1.28. The van der Waals surface area contributed by atoms with Crippen molar-refractivity contribution in [1.82, 2.24) is 10.6 Å². The Morgan fingerprint density at radius 2 is 1.87 bits per heavy atom. The van der Waals surface area contributed by atoms with Crippen molar-refractivity contribution in [3.05, 3.63) is 59.9 Å². The Kier molecular flexibility index (Phi) is 7.42. The SMILES string of the molecule is CC(=O)Nc1cccc(NC(=O)CC2CC(=O)NC(SCc3ccccc3F)N2)c1. The zero-order chi connectivity index (χ0) is 21.5. The van der Waals surface area contributed by atoms with Crippen LogP contribution in [-0.4, -0.2) is 29.3 Å². The first kappa shape index (κ1) is 21.8. The highest BCUT2D eigenvalue weighted by Crippen LogP contribution is 2.21. The molecule has 0 bridgehead atoms. The Morgan fingerprint density at radius 1 is 1.13 bits per heavy atom. The van der Waals surface area contributed by atoms with Gasteiger partial charge in [0.2, 0.25) is 17.7 Å². The minimum atomic E-state index is -0.410. The molecule has 0 aromatic heterocycles. The van der Waals surface area contributed by atoms with Crippen molar-refractivity contribution in [2.75, 3.05) is 10.6 Å². The summed E-state index contributed by atoms with van der Waals surface area (Å²) in [7, 11) is 0. The molecule has 9 heteroatoms. The van der Waals surface area contributed by atoms with E-state index in [1.54, 1.807) is 42.5 Å². The molecule has 2 atom stereocenters. The van der Waals surface area contributed by atoms with E-state index >= 15 is 0 Å². The van der Waals surface area contributed by atoms with Crippen LogP contribution in [0.25, 0.3) is 0 Å². The fraction of sp³-hybridized carbons (Fsp3) is 0.286. The van der Waals surface area contributed by atoms with Gasteiger partial charge in [0.15, 0.2) is 0 Å². The van der Waals surface area contributed by atoms with Gasteiger partial charge in [0.25, 0.3) is 0 Å². The van der Waals surface area contributed by atoms with Gasteiger partial charge in [0.1, 0.15) is 11.3 Å². The van der Waals surface area contributed by atoms with Crippen molar-refractivity contribution in [3.8, 4) is 0 Å². The molecule has 3 rings (SSSR count). The minimum Gasteiger partial charge on any atom is -0.332 e. The third-order valence-electron chi connectivity index (χ3n) is 4.37. The van der Waals surface area contributed by atoms with Gasteiger partial charge in [-0.25, -0.2) is 4.39 Å². The molecule has 2 unspecified atom stereocenters. The van der Waals surface area contributed by atoms with Crippen LogP contribution in [0.15, 0.2) is 48.5 Å². The average molecular weight is 431 g/mol. The number of thioether (sulfide) groups is 1. The van der Waals surface area contributed by atoms with Crippen LogP contribution in [0, 0.1) is 5.82 Å². The van der Waals surface area contributed by atoms with E-state index in [4.69, 9.17) is 0 Å². The molecule has 0 aliphatic carbocycles. The van der Waals surface area contributed by atoms with Gasteiger partial charge in [-0.1, -0.05) is 24.3 Å². The van der Waals surface area contributed by atoms with Crippen LogP contribution in [0.2, 0.25) is 0 Å². The maximum Gasteiger partial charge on any atom is 0.225 e. The van der Waals surface area contributed by atoms with Crippen LogP contribution in [0.5, 0.6) is 0 Å². The summed E-state index contributed by atoms with van der Waals surface area (Å²) in [4.78, 5) is 35.6. The summed E-state index contributed by atoms with van der Waals surface area (Å²) in [6, 6.07) is 13.0. The first-order valence-corrected chi connectivity index (χ1v) is 10.5. The highest BCUT2D eigenvalue weighted by atomic mass is 32.2. The zero-order valence-corrected chi connectivity index (χ0v) is 17.2. The molecule has 0 saturated carbocycles. The lowest BCUT2D eigenvalue weighted by Crippen LogP contribution is -2.55. The average Bonchev–Trinajstić information content (AvgIpc) is 2.66. The molecule has 1 heterocycles. The van der Waals surface area contributed by atoms with Gasteiger partial charge in [-0.3, -0.25) is 19.7 Å². The molecular weight excluding hydrogens is 407 g/mol. The molecule has 1 fully saturated rings. The van der Waals surface area contributed by atoms with Crippen LogP contribution >= 0.6 is 11.8 Å². The van der Waals surface area contributed by atoms with E-state index in [2.05, 4.69) is 21.3 Å². The van der Waals surface area contributed by atoms with Crippen LogP contribution < -0.4 is 21.3 Å². The summed E-state index contributed by atoms with van der Waals surface area (Å²) in [5.74, 6) is -0.510. The number of carbonyl (C=O) groups excluding carboxylic acids is 3. The van der Waals surface area contributed by atoms with E-state index < -0.39 is 5.50 Å². The molecule has 1 saturated heterocycles. The van der Waals surface area contributed by atoms with Gasteiger partial charge in [-0.15, -0.1) is 11.8 Å².